The highest BCUT2D eigenvalue weighted by Crippen LogP contribution is 2.28. The van der Waals surface area contributed by atoms with Crippen molar-refractivity contribution in [3.05, 3.63) is 28.8 Å². The number of hydrogen-bond donors (Lipinski definition) is 0. The van der Waals surface area contributed by atoms with Crippen molar-refractivity contribution in [3.8, 4) is 5.75 Å². The fourth-order valence-electron chi connectivity index (χ4n) is 2.10. The number of benzene rings is 1. The van der Waals surface area contributed by atoms with Crippen LogP contribution in [0.3, 0.4) is 0 Å². The van der Waals surface area contributed by atoms with Crippen molar-refractivity contribution in [3.63, 3.8) is 0 Å². The Hall–Kier alpha value is -0.500. The predicted octanol–water partition coefficient (Wildman–Crippen LogP) is 4.81. The second kappa shape index (κ2) is 7.05. The van der Waals surface area contributed by atoms with Crippen LogP contribution in [0.25, 0.3) is 0 Å². The lowest BCUT2D eigenvalue weighted by Crippen LogP contribution is -2.02. The van der Waals surface area contributed by atoms with Crippen molar-refractivity contribution in [1.82, 2.24) is 0 Å². The topological polar surface area (TPSA) is 9.23 Å². The summed E-state index contributed by atoms with van der Waals surface area (Å²) in [6, 6.07) is 4.39. The second-order valence-electron chi connectivity index (χ2n) is 4.62. The van der Waals surface area contributed by atoms with Crippen LogP contribution in [0.1, 0.15) is 42.9 Å². The quantitative estimate of drug-likeness (QED) is 0.685. The zero-order valence-electron chi connectivity index (χ0n) is 11.3. The first-order chi connectivity index (χ1) is 8.10. The third-order valence-electron chi connectivity index (χ3n) is 3.29. The molecule has 2 heteroatoms. The normalized spacial score (nSPS) is 12.5. The first-order valence-corrected chi connectivity index (χ1v) is 7.28. The highest BCUT2D eigenvalue weighted by atomic mass is 79.9. The summed E-state index contributed by atoms with van der Waals surface area (Å²) in [5, 5.41) is 0. The average Bonchev–Trinajstić information content (AvgIpc) is 2.31. The van der Waals surface area contributed by atoms with E-state index in [1.165, 1.54) is 36.0 Å². The van der Waals surface area contributed by atoms with Gasteiger partial charge in [0.25, 0.3) is 0 Å². The molecule has 0 heterocycles. The third-order valence-corrected chi connectivity index (χ3v) is 4.21. The molecule has 0 saturated carbocycles. The van der Waals surface area contributed by atoms with Crippen LogP contribution >= 0.6 is 15.9 Å². The molecule has 0 aliphatic carbocycles. The summed E-state index contributed by atoms with van der Waals surface area (Å²) in [7, 11) is 1.77. The molecule has 0 aliphatic rings. The van der Waals surface area contributed by atoms with Crippen molar-refractivity contribution in [2.45, 2.75) is 51.3 Å². The van der Waals surface area contributed by atoms with E-state index >= 15 is 0 Å². The maximum Gasteiger partial charge on any atom is 0.125 e. The van der Waals surface area contributed by atoms with Crippen LogP contribution in [-0.2, 0) is 6.42 Å². The van der Waals surface area contributed by atoms with Gasteiger partial charge in [-0.05, 0) is 49.8 Å². The van der Waals surface area contributed by atoms with Crippen molar-refractivity contribution < 1.29 is 4.74 Å². The molecule has 0 aromatic heterocycles. The Bertz CT molecular complexity index is 360. The molecule has 0 spiro atoms. The van der Waals surface area contributed by atoms with Gasteiger partial charge in [-0.3, -0.25) is 0 Å². The molecule has 1 nitrogen and oxygen atoms in total. The molecule has 0 fully saturated rings. The summed E-state index contributed by atoms with van der Waals surface area (Å²) in [5.41, 5.74) is 3.90. The summed E-state index contributed by atoms with van der Waals surface area (Å²) in [6.45, 7) is 6.49. The van der Waals surface area contributed by atoms with E-state index in [9.17, 15) is 0 Å². The van der Waals surface area contributed by atoms with Gasteiger partial charge in [-0.25, -0.2) is 0 Å². The van der Waals surface area contributed by atoms with Gasteiger partial charge in [-0.15, -0.1) is 0 Å². The van der Waals surface area contributed by atoms with Gasteiger partial charge in [-0.1, -0.05) is 41.4 Å². The Labute approximate surface area is 114 Å². The van der Waals surface area contributed by atoms with Crippen molar-refractivity contribution >= 4 is 15.9 Å². The molecule has 1 aromatic rings. The summed E-state index contributed by atoms with van der Waals surface area (Å²) in [4.78, 5) is 0.624. The fourth-order valence-corrected chi connectivity index (χ4v) is 2.78. The SMILES string of the molecule is CCCC(Br)CCc1ccc(C)c(C)c1OC. The largest absolute Gasteiger partial charge is 0.496 e. The van der Waals surface area contributed by atoms with Gasteiger partial charge < -0.3 is 4.74 Å². The fraction of sp³-hybridized carbons (Fsp3) is 0.600. The molecule has 1 atom stereocenters. The molecular formula is C15H23BrO. The molecule has 1 rings (SSSR count). The first kappa shape index (κ1) is 14.6. The predicted molar refractivity (Wildman–Crippen MR) is 78.4 cm³/mol. The van der Waals surface area contributed by atoms with Crippen LogP contribution in [0.4, 0.5) is 0 Å². The number of rotatable bonds is 6. The third kappa shape index (κ3) is 4.02. The van der Waals surface area contributed by atoms with Gasteiger partial charge in [0.1, 0.15) is 5.75 Å². The number of methoxy groups -OCH3 is 1. The Kier molecular flexibility index (Phi) is 6.04. The highest BCUT2D eigenvalue weighted by molar-refractivity contribution is 9.09. The Balaban J connectivity index is 2.74. The molecule has 96 valence electrons. The van der Waals surface area contributed by atoms with Crippen LogP contribution in [0.15, 0.2) is 12.1 Å². The summed E-state index contributed by atoms with van der Waals surface area (Å²) >= 11 is 3.73. The van der Waals surface area contributed by atoms with Crippen molar-refractivity contribution in [2.75, 3.05) is 7.11 Å². The van der Waals surface area contributed by atoms with E-state index in [4.69, 9.17) is 4.74 Å². The minimum atomic E-state index is 0.624. The summed E-state index contributed by atoms with van der Waals surface area (Å²) in [6.07, 6.45) is 4.74. The van der Waals surface area contributed by atoms with Crippen LogP contribution in [-0.4, -0.2) is 11.9 Å². The Morgan fingerprint density at radius 1 is 1.24 bits per heavy atom. The smallest absolute Gasteiger partial charge is 0.125 e. The van der Waals surface area contributed by atoms with E-state index in [1.54, 1.807) is 7.11 Å². The Morgan fingerprint density at radius 2 is 1.94 bits per heavy atom. The van der Waals surface area contributed by atoms with Crippen LogP contribution in [0.2, 0.25) is 0 Å². The molecule has 0 amide bonds. The lowest BCUT2D eigenvalue weighted by Gasteiger charge is -2.15. The van der Waals surface area contributed by atoms with Crippen LogP contribution in [0, 0.1) is 13.8 Å². The minimum absolute atomic E-state index is 0.624. The molecule has 17 heavy (non-hydrogen) atoms. The van der Waals surface area contributed by atoms with E-state index < -0.39 is 0 Å². The number of ether oxygens (including phenoxy) is 1. The van der Waals surface area contributed by atoms with Crippen LogP contribution < -0.4 is 4.74 Å². The van der Waals surface area contributed by atoms with Gasteiger partial charge in [0.15, 0.2) is 0 Å². The molecule has 0 radical (unpaired) electrons. The zero-order valence-corrected chi connectivity index (χ0v) is 12.9. The number of alkyl halides is 1. The number of halogens is 1. The van der Waals surface area contributed by atoms with Crippen LogP contribution in [0.5, 0.6) is 5.75 Å². The molecule has 0 N–H and O–H groups in total. The van der Waals surface area contributed by atoms with Gasteiger partial charge in [-0.2, -0.15) is 0 Å². The van der Waals surface area contributed by atoms with Gasteiger partial charge in [0.05, 0.1) is 7.11 Å². The number of aryl methyl sites for hydroxylation is 2. The minimum Gasteiger partial charge on any atom is -0.496 e. The molecule has 0 saturated heterocycles. The number of hydrogen-bond acceptors (Lipinski definition) is 1. The van der Waals surface area contributed by atoms with E-state index in [1.807, 2.05) is 0 Å². The molecule has 1 aromatic carbocycles. The molecule has 0 aliphatic heterocycles. The summed E-state index contributed by atoms with van der Waals surface area (Å²) in [5.74, 6) is 1.07. The first-order valence-electron chi connectivity index (χ1n) is 6.37. The van der Waals surface area contributed by atoms with Gasteiger partial charge >= 0.3 is 0 Å². The molecular weight excluding hydrogens is 276 g/mol. The van der Waals surface area contributed by atoms with Gasteiger partial charge in [0, 0.05) is 4.83 Å². The lowest BCUT2D eigenvalue weighted by molar-refractivity contribution is 0.405. The van der Waals surface area contributed by atoms with E-state index in [2.05, 4.69) is 48.8 Å². The zero-order chi connectivity index (χ0) is 12.8. The van der Waals surface area contributed by atoms with E-state index in [0.717, 1.165) is 12.2 Å². The summed E-state index contributed by atoms with van der Waals surface area (Å²) < 4.78 is 5.53. The maximum absolute atomic E-state index is 5.53. The Morgan fingerprint density at radius 3 is 2.53 bits per heavy atom. The monoisotopic (exact) mass is 298 g/mol. The highest BCUT2D eigenvalue weighted by Gasteiger charge is 2.10. The van der Waals surface area contributed by atoms with E-state index in [-0.39, 0.29) is 0 Å². The second-order valence-corrected chi connectivity index (χ2v) is 5.92. The lowest BCUT2D eigenvalue weighted by atomic mass is 9.99. The maximum atomic E-state index is 5.53. The standard InChI is InChI=1S/C15H23BrO/c1-5-6-14(16)10-9-13-8-7-11(2)12(3)15(13)17-4/h7-8,14H,5-6,9-10H2,1-4H3. The van der Waals surface area contributed by atoms with Crippen molar-refractivity contribution in [1.29, 1.82) is 0 Å². The molecule has 0 bridgehead atoms. The van der Waals surface area contributed by atoms with Crippen molar-refractivity contribution in [2.24, 2.45) is 0 Å². The molecule has 1 unspecified atom stereocenters. The average molecular weight is 299 g/mol. The van der Waals surface area contributed by atoms with Gasteiger partial charge in [0.2, 0.25) is 0 Å². The van der Waals surface area contributed by atoms with E-state index in [0.29, 0.717) is 4.83 Å².